The molecule has 1 aromatic rings. The summed E-state index contributed by atoms with van der Waals surface area (Å²) in [6, 6.07) is 0. The van der Waals surface area contributed by atoms with E-state index in [1.807, 2.05) is 0 Å². The number of carbonyl (C=O) groups is 2. The lowest BCUT2D eigenvalue weighted by atomic mass is 9.98. The first kappa shape index (κ1) is 20.1. The van der Waals surface area contributed by atoms with Gasteiger partial charge in [-0.25, -0.2) is 19.0 Å². The molecule has 0 unspecified atom stereocenters. The van der Waals surface area contributed by atoms with Crippen molar-refractivity contribution in [1.29, 1.82) is 0 Å². The normalized spacial score (nSPS) is 11.2. The van der Waals surface area contributed by atoms with Crippen molar-refractivity contribution in [2.24, 2.45) is 0 Å². The van der Waals surface area contributed by atoms with Crippen LogP contribution in [0.2, 0.25) is 0 Å². The lowest BCUT2D eigenvalue weighted by Gasteiger charge is -2.11. The molecule has 136 valence electrons. The van der Waals surface area contributed by atoms with Crippen LogP contribution in [0.25, 0.3) is 0 Å². The zero-order valence-electron chi connectivity index (χ0n) is 13.4. The number of ether oxygens (including phenoxy) is 1. The van der Waals surface area contributed by atoms with Crippen LogP contribution in [0.4, 0.5) is 18.9 Å². The van der Waals surface area contributed by atoms with Crippen LogP contribution in [0.3, 0.4) is 0 Å². The predicted molar refractivity (Wildman–Crippen MR) is 78.9 cm³/mol. The topological polar surface area (TPSA) is 111 Å². The molecule has 0 saturated carbocycles. The van der Waals surface area contributed by atoms with Crippen LogP contribution in [0.15, 0.2) is 11.8 Å². The summed E-state index contributed by atoms with van der Waals surface area (Å²) < 4.78 is 46.4. The van der Waals surface area contributed by atoms with Gasteiger partial charge in [0.2, 0.25) is 11.6 Å². The Bertz CT molecular complexity index is 765. The third kappa shape index (κ3) is 3.94. The lowest BCUT2D eigenvalue weighted by Crippen LogP contribution is -2.27. The highest BCUT2D eigenvalue weighted by Gasteiger charge is 2.37. The Hall–Kier alpha value is -2.95. The number of Topliss-reactive ketones (excluding diaryl/α,β-unsaturated/α-hetero) is 1. The number of carbonyl (C=O) groups excluding carboxylic acids is 2. The minimum Gasteiger partial charge on any atom is -0.462 e. The van der Waals surface area contributed by atoms with Gasteiger partial charge in [-0.05, 0) is 13.8 Å². The molecule has 0 heterocycles. The summed E-state index contributed by atoms with van der Waals surface area (Å²) in [4.78, 5) is 33.9. The standard InChI is InChI=1S/C14H14F3N3O5/c1-4-25-14(22)7(5-19-18-3)13(21)8-9(15)6(2)10(16)11(17)12(8)20(23)24/h5,18-19H,4H2,1-3H3/b7-5+. The van der Waals surface area contributed by atoms with E-state index >= 15 is 0 Å². The summed E-state index contributed by atoms with van der Waals surface area (Å²) in [6.07, 6.45) is 0.764. The van der Waals surface area contributed by atoms with E-state index in [1.165, 1.54) is 14.0 Å². The number of nitrogens with one attached hydrogen (secondary N) is 2. The Kier molecular flexibility index (Phi) is 6.62. The van der Waals surface area contributed by atoms with E-state index < -0.39 is 56.5 Å². The summed E-state index contributed by atoms with van der Waals surface area (Å²) in [6.45, 7) is 2.08. The molecule has 0 aromatic heterocycles. The van der Waals surface area contributed by atoms with Crippen molar-refractivity contribution in [3.8, 4) is 0 Å². The Balaban J connectivity index is 3.69. The van der Waals surface area contributed by atoms with E-state index in [9.17, 15) is 32.9 Å². The fourth-order valence-corrected chi connectivity index (χ4v) is 1.85. The van der Waals surface area contributed by atoms with Crippen LogP contribution < -0.4 is 10.9 Å². The molecule has 11 heteroatoms. The predicted octanol–water partition coefficient (Wildman–Crippen LogP) is 1.67. The minimum atomic E-state index is -2.00. The van der Waals surface area contributed by atoms with Crippen molar-refractivity contribution < 1.29 is 32.4 Å². The third-order valence-corrected chi connectivity index (χ3v) is 3.03. The molecule has 0 radical (unpaired) electrons. The van der Waals surface area contributed by atoms with E-state index in [2.05, 4.69) is 15.6 Å². The first-order valence-corrected chi connectivity index (χ1v) is 6.84. The lowest BCUT2D eigenvalue weighted by molar-refractivity contribution is -0.388. The van der Waals surface area contributed by atoms with Gasteiger partial charge in [0.1, 0.15) is 17.0 Å². The molecule has 0 atom stereocenters. The maximum Gasteiger partial charge on any atom is 0.343 e. The van der Waals surface area contributed by atoms with Crippen LogP contribution in [-0.4, -0.2) is 30.3 Å². The van der Waals surface area contributed by atoms with Crippen LogP contribution >= 0.6 is 0 Å². The van der Waals surface area contributed by atoms with Gasteiger partial charge in [-0.1, -0.05) is 0 Å². The number of nitro groups is 1. The van der Waals surface area contributed by atoms with Crippen molar-refractivity contribution in [2.45, 2.75) is 13.8 Å². The van der Waals surface area contributed by atoms with E-state index in [-0.39, 0.29) is 6.61 Å². The molecule has 0 aliphatic rings. The smallest absolute Gasteiger partial charge is 0.343 e. The van der Waals surface area contributed by atoms with Gasteiger partial charge in [0.05, 0.1) is 11.5 Å². The second-order valence-corrected chi connectivity index (χ2v) is 4.55. The van der Waals surface area contributed by atoms with Crippen molar-refractivity contribution in [3.05, 3.63) is 50.5 Å². The maximum absolute atomic E-state index is 14.3. The van der Waals surface area contributed by atoms with Crippen LogP contribution in [0.5, 0.6) is 0 Å². The molecule has 2 N–H and O–H groups in total. The summed E-state index contributed by atoms with van der Waals surface area (Å²) in [5.41, 5.74) is -0.267. The largest absolute Gasteiger partial charge is 0.462 e. The zero-order valence-corrected chi connectivity index (χ0v) is 13.4. The van der Waals surface area contributed by atoms with Crippen LogP contribution in [-0.2, 0) is 9.53 Å². The number of nitro benzene ring substituents is 1. The quantitative estimate of drug-likeness (QED) is 0.111. The molecule has 0 bridgehead atoms. The number of nitrogens with zero attached hydrogens (tertiary/aromatic N) is 1. The van der Waals surface area contributed by atoms with Gasteiger partial charge in [-0.15, -0.1) is 0 Å². The van der Waals surface area contributed by atoms with Gasteiger partial charge in [0.25, 0.3) is 0 Å². The van der Waals surface area contributed by atoms with Gasteiger partial charge in [0.15, 0.2) is 5.82 Å². The highest BCUT2D eigenvalue weighted by Crippen LogP contribution is 2.32. The monoisotopic (exact) mass is 361 g/mol. The maximum atomic E-state index is 14.3. The van der Waals surface area contributed by atoms with Crippen molar-refractivity contribution in [3.63, 3.8) is 0 Å². The van der Waals surface area contributed by atoms with Crippen molar-refractivity contribution in [2.75, 3.05) is 13.7 Å². The van der Waals surface area contributed by atoms with E-state index in [0.717, 1.165) is 13.1 Å². The SMILES string of the molecule is CCOC(=O)/C(=C/NNC)C(=O)c1c(F)c(C)c(F)c(F)c1[N+](=O)[O-]. The number of esters is 1. The molecule has 8 nitrogen and oxygen atoms in total. The molecular formula is C14H14F3N3O5. The van der Waals surface area contributed by atoms with Crippen LogP contribution in [0, 0.1) is 34.5 Å². The average Bonchev–Trinajstić information content (AvgIpc) is 2.55. The summed E-state index contributed by atoms with van der Waals surface area (Å²) in [7, 11) is 1.37. The van der Waals surface area contributed by atoms with E-state index in [1.54, 1.807) is 0 Å². The fourth-order valence-electron chi connectivity index (χ4n) is 1.85. The summed E-state index contributed by atoms with van der Waals surface area (Å²) in [5, 5.41) is 11.0. The van der Waals surface area contributed by atoms with Gasteiger partial charge >= 0.3 is 11.7 Å². The third-order valence-electron chi connectivity index (χ3n) is 3.03. The Labute approximate surface area is 139 Å². The first-order chi connectivity index (χ1) is 11.7. The second-order valence-electron chi connectivity index (χ2n) is 4.55. The van der Waals surface area contributed by atoms with Gasteiger partial charge in [-0.2, -0.15) is 4.39 Å². The second kappa shape index (κ2) is 8.24. The van der Waals surface area contributed by atoms with Gasteiger partial charge < -0.3 is 10.2 Å². The molecule has 1 rings (SSSR count). The average molecular weight is 361 g/mol. The van der Waals surface area contributed by atoms with Crippen LogP contribution in [0.1, 0.15) is 22.8 Å². The first-order valence-electron chi connectivity index (χ1n) is 6.84. The van der Waals surface area contributed by atoms with Gasteiger partial charge in [-0.3, -0.25) is 14.9 Å². The molecule has 0 fully saturated rings. The van der Waals surface area contributed by atoms with Crippen molar-refractivity contribution >= 4 is 17.4 Å². The molecular weight excluding hydrogens is 347 g/mol. The number of benzene rings is 1. The number of rotatable bonds is 7. The molecule has 1 aromatic carbocycles. The minimum absolute atomic E-state index is 0.148. The van der Waals surface area contributed by atoms with E-state index in [0.29, 0.717) is 0 Å². The molecule has 0 saturated heterocycles. The molecule has 25 heavy (non-hydrogen) atoms. The fraction of sp³-hybridized carbons (Fsp3) is 0.286. The number of halogens is 3. The molecule has 0 aliphatic carbocycles. The molecule has 0 amide bonds. The Morgan fingerprint density at radius 2 is 1.84 bits per heavy atom. The number of hydrogen-bond acceptors (Lipinski definition) is 7. The summed E-state index contributed by atoms with van der Waals surface area (Å²) >= 11 is 0. The highest BCUT2D eigenvalue weighted by atomic mass is 19.2. The number of ketones is 1. The Morgan fingerprint density at radius 1 is 1.24 bits per heavy atom. The van der Waals surface area contributed by atoms with Crippen molar-refractivity contribution in [1.82, 2.24) is 10.9 Å². The zero-order chi connectivity index (χ0) is 19.3. The van der Waals surface area contributed by atoms with E-state index in [4.69, 9.17) is 0 Å². The highest BCUT2D eigenvalue weighted by molar-refractivity contribution is 6.25. The molecule has 0 spiro atoms. The number of hydrogen-bond donors (Lipinski definition) is 2. The van der Waals surface area contributed by atoms with Gasteiger partial charge in [0, 0.05) is 18.8 Å². The molecule has 0 aliphatic heterocycles. The Morgan fingerprint density at radius 3 is 2.32 bits per heavy atom. The number of hydrazine groups is 1. The summed E-state index contributed by atoms with van der Waals surface area (Å²) in [5.74, 6) is -8.21.